The molecule has 3 aromatic rings. The predicted octanol–water partition coefficient (Wildman–Crippen LogP) is 5.07. The summed E-state index contributed by atoms with van der Waals surface area (Å²) in [5.74, 6) is 2.06. The van der Waals surface area contributed by atoms with Crippen LogP contribution in [0.1, 0.15) is 31.7 Å². The van der Waals surface area contributed by atoms with Crippen LogP contribution < -0.4 is 10.1 Å². The minimum atomic E-state index is -0.0176. The molecule has 0 fully saturated rings. The van der Waals surface area contributed by atoms with Crippen molar-refractivity contribution >= 4 is 17.5 Å². The Morgan fingerprint density at radius 1 is 1.10 bits per heavy atom. The predicted molar refractivity (Wildman–Crippen MR) is 114 cm³/mol. The summed E-state index contributed by atoms with van der Waals surface area (Å²) in [5.41, 5.74) is 2.06. The van der Waals surface area contributed by atoms with E-state index in [9.17, 15) is 4.79 Å². The highest BCUT2D eigenvalue weighted by atomic mass is 35.5. The van der Waals surface area contributed by atoms with E-state index in [0.29, 0.717) is 36.1 Å². The first-order valence-corrected chi connectivity index (χ1v) is 10.1. The summed E-state index contributed by atoms with van der Waals surface area (Å²) in [6.45, 7) is 4.59. The number of aryl methyl sites for hydroxylation is 1. The highest BCUT2D eigenvalue weighted by Crippen LogP contribution is 2.22. The van der Waals surface area contributed by atoms with Gasteiger partial charge in [0.05, 0.1) is 12.3 Å². The zero-order valence-corrected chi connectivity index (χ0v) is 17.4. The minimum absolute atomic E-state index is 0.0176. The van der Waals surface area contributed by atoms with E-state index in [2.05, 4.69) is 10.3 Å². The summed E-state index contributed by atoms with van der Waals surface area (Å²) in [5, 5.41) is 3.61. The molecule has 0 aliphatic heterocycles. The van der Waals surface area contributed by atoms with Gasteiger partial charge in [0.1, 0.15) is 5.75 Å². The minimum Gasteiger partial charge on any atom is -0.491 e. The van der Waals surface area contributed by atoms with E-state index >= 15 is 0 Å². The highest BCUT2D eigenvalue weighted by molar-refractivity contribution is 6.30. The molecule has 0 saturated heterocycles. The summed E-state index contributed by atoms with van der Waals surface area (Å²) in [6.07, 6.45) is 3.39. The molecule has 1 heterocycles. The second-order valence-corrected chi connectivity index (χ2v) is 7.47. The van der Waals surface area contributed by atoms with Crippen molar-refractivity contribution in [2.45, 2.75) is 39.2 Å². The zero-order valence-electron chi connectivity index (χ0n) is 16.7. The lowest BCUT2D eigenvalue weighted by molar-refractivity contribution is -0.121. The molecule has 29 heavy (non-hydrogen) atoms. The molecule has 0 unspecified atom stereocenters. The van der Waals surface area contributed by atoms with Gasteiger partial charge in [-0.25, -0.2) is 4.98 Å². The first-order valence-electron chi connectivity index (χ1n) is 9.72. The highest BCUT2D eigenvalue weighted by Gasteiger charge is 2.09. The van der Waals surface area contributed by atoms with Gasteiger partial charge in [-0.05, 0) is 62.2 Å². The van der Waals surface area contributed by atoms with Crippen molar-refractivity contribution in [1.29, 1.82) is 0 Å². The van der Waals surface area contributed by atoms with E-state index in [-0.39, 0.29) is 12.0 Å². The average Bonchev–Trinajstić information content (AvgIpc) is 3.17. The number of hydrogen-bond acceptors (Lipinski definition) is 4. The Morgan fingerprint density at radius 3 is 2.52 bits per heavy atom. The number of carbonyl (C=O) groups is 1. The van der Waals surface area contributed by atoms with Crippen LogP contribution in [0.4, 0.5) is 0 Å². The maximum atomic E-state index is 12.1. The number of halogens is 1. The van der Waals surface area contributed by atoms with Crippen molar-refractivity contribution in [3.8, 4) is 17.1 Å². The average molecular weight is 413 g/mol. The lowest BCUT2D eigenvalue weighted by Gasteiger charge is -2.10. The molecule has 6 heteroatoms. The number of nitrogens with zero attached hydrogens (tertiary/aromatic N) is 1. The molecule has 0 atom stereocenters. The normalized spacial score (nSPS) is 10.9. The van der Waals surface area contributed by atoms with Crippen LogP contribution in [0.3, 0.4) is 0 Å². The van der Waals surface area contributed by atoms with Crippen LogP contribution in [0.2, 0.25) is 5.02 Å². The quantitative estimate of drug-likeness (QED) is 0.532. The molecule has 3 rings (SSSR count). The Morgan fingerprint density at radius 2 is 1.83 bits per heavy atom. The second kappa shape index (κ2) is 10.1. The number of nitrogens with one attached hydrogen (secondary N) is 1. The Labute approximate surface area is 176 Å². The van der Waals surface area contributed by atoms with E-state index in [1.807, 2.05) is 50.2 Å². The van der Waals surface area contributed by atoms with Crippen molar-refractivity contribution in [3.63, 3.8) is 0 Å². The van der Waals surface area contributed by atoms with Crippen LogP contribution in [-0.4, -0.2) is 23.5 Å². The zero-order chi connectivity index (χ0) is 20.6. The fourth-order valence-electron chi connectivity index (χ4n) is 2.84. The number of aromatic nitrogens is 1. The Balaban J connectivity index is 1.39. The van der Waals surface area contributed by atoms with Gasteiger partial charge < -0.3 is 14.5 Å². The standard InChI is InChI=1S/C23H25ClN2O3/c1-16(2)28-20-9-3-17(4-10-20)13-14-25-22(27)11-12-23-26-15-21(29-23)18-5-7-19(24)8-6-18/h3-10,15-16H,11-14H2,1-2H3,(H,25,27). The van der Waals surface area contributed by atoms with Gasteiger partial charge in [0.2, 0.25) is 5.91 Å². The maximum absolute atomic E-state index is 12.1. The van der Waals surface area contributed by atoms with Gasteiger partial charge in [-0.15, -0.1) is 0 Å². The summed E-state index contributed by atoms with van der Waals surface area (Å²) in [6, 6.07) is 15.3. The molecule has 2 aromatic carbocycles. The molecule has 0 saturated carbocycles. The fourth-order valence-corrected chi connectivity index (χ4v) is 2.96. The van der Waals surface area contributed by atoms with Crippen molar-refractivity contribution in [3.05, 3.63) is 71.2 Å². The number of oxazole rings is 1. The Bertz CT molecular complexity index is 918. The van der Waals surface area contributed by atoms with Gasteiger partial charge in [-0.3, -0.25) is 4.79 Å². The number of amides is 1. The van der Waals surface area contributed by atoms with Crippen LogP contribution in [-0.2, 0) is 17.6 Å². The number of ether oxygens (including phenoxy) is 1. The first kappa shape index (κ1) is 20.9. The third-order valence-corrected chi connectivity index (χ3v) is 4.53. The molecule has 0 bridgehead atoms. The molecule has 1 N–H and O–H groups in total. The first-order chi connectivity index (χ1) is 14.0. The molecular weight excluding hydrogens is 388 g/mol. The molecule has 0 radical (unpaired) electrons. The smallest absolute Gasteiger partial charge is 0.220 e. The Hall–Kier alpha value is -2.79. The largest absolute Gasteiger partial charge is 0.491 e. The fraction of sp³-hybridized carbons (Fsp3) is 0.304. The summed E-state index contributed by atoms with van der Waals surface area (Å²) in [7, 11) is 0. The van der Waals surface area contributed by atoms with E-state index in [1.165, 1.54) is 0 Å². The summed E-state index contributed by atoms with van der Waals surface area (Å²) >= 11 is 5.90. The molecule has 5 nitrogen and oxygen atoms in total. The second-order valence-electron chi connectivity index (χ2n) is 7.04. The van der Waals surface area contributed by atoms with Crippen LogP contribution in [0, 0.1) is 0 Å². The lowest BCUT2D eigenvalue weighted by atomic mass is 10.1. The van der Waals surface area contributed by atoms with E-state index in [0.717, 1.165) is 23.3 Å². The molecule has 0 aliphatic carbocycles. The van der Waals surface area contributed by atoms with Gasteiger partial charge in [-0.2, -0.15) is 0 Å². The molecule has 0 aliphatic rings. The van der Waals surface area contributed by atoms with Crippen LogP contribution in [0.5, 0.6) is 5.75 Å². The lowest BCUT2D eigenvalue weighted by Crippen LogP contribution is -2.25. The SMILES string of the molecule is CC(C)Oc1ccc(CCNC(=O)CCc2ncc(-c3ccc(Cl)cc3)o2)cc1. The van der Waals surface area contributed by atoms with Crippen molar-refractivity contribution in [2.75, 3.05) is 6.54 Å². The molecule has 152 valence electrons. The number of benzene rings is 2. The monoisotopic (exact) mass is 412 g/mol. The van der Waals surface area contributed by atoms with Crippen molar-refractivity contribution in [2.24, 2.45) is 0 Å². The molecular formula is C23H25ClN2O3. The third-order valence-electron chi connectivity index (χ3n) is 4.28. The topological polar surface area (TPSA) is 64.4 Å². The van der Waals surface area contributed by atoms with Crippen molar-refractivity contribution < 1.29 is 13.9 Å². The van der Waals surface area contributed by atoms with Gasteiger partial charge in [0.15, 0.2) is 11.7 Å². The van der Waals surface area contributed by atoms with E-state index < -0.39 is 0 Å². The van der Waals surface area contributed by atoms with Gasteiger partial charge in [0.25, 0.3) is 0 Å². The molecule has 1 amide bonds. The van der Waals surface area contributed by atoms with Crippen LogP contribution in [0.25, 0.3) is 11.3 Å². The van der Waals surface area contributed by atoms with Gasteiger partial charge in [0, 0.05) is 30.0 Å². The Kier molecular flexibility index (Phi) is 7.30. The van der Waals surface area contributed by atoms with Crippen molar-refractivity contribution in [1.82, 2.24) is 10.3 Å². The maximum Gasteiger partial charge on any atom is 0.220 e. The molecule has 0 spiro atoms. The van der Waals surface area contributed by atoms with Gasteiger partial charge in [-0.1, -0.05) is 23.7 Å². The van der Waals surface area contributed by atoms with Gasteiger partial charge >= 0.3 is 0 Å². The number of hydrogen-bond donors (Lipinski definition) is 1. The third kappa shape index (κ3) is 6.64. The number of rotatable bonds is 9. The van der Waals surface area contributed by atoms with E-state index in [1.54, 1.807) is 18.3 Å². The molecule has 1 aromatic heterocycles. The van der Waals surface area contributed by atoms with Crippen LogP contribution >= 0.6 is 11.6 Å². The number of carbonyl (C=O) groups excluding carboxylic acids is 1. The summed E-state index contributed by atoms with van der Waals surface area (Å²) < 4.78 is 11.4. The summed E-state index contributed by atoms with van der Waals surface area (Å²) in [4.78, 5) is 16.3. The van der Waals surface area contributed by atoms with Crippen LogP contribution in [0.15, 0.2) is 59.1 Å². The van der Waals surface area contributed by atoms with E-state index in [4.69, 9.17) is 20.8 Å².